The fourth-order valence-electron chi connectivity index (χ4n) is 1.55. The van der Waals surface area contributed by atoms with Crippen molar-refractivity contribution in [3.63, 3.8) is 0 Å². The van der Waals surface area contributed by atoms with Gasteiger partial charge in [0, 0.05) is 16.8 Å². The molecule has 1 aromatic rings. The summed E-state index contributed by atoms with van der Waals surface area (Å²) in [4.78, 5) is 0. The molecular formula is C11H16BrNO2S. The minimum Gasteiger partial charge on any atom is -0.324 e. The van der Waals surface area contributed by atoms with Crippen molar-refractivity contribution in [1.29, 1.82) is 0 Å². The molecule has 1 unspecified atom stereocenters. The van der Waals surface area contributed by atoms with Crippen LogP contribution in [0, 0.1) is 6.92 Å². The summed E-state index contributed by atoms with van der Waals surface area (Å²) in [7, 11) is -2.94. The second kappa shape index (κ2) is 5.29. The number of halogens is 1. The molecule has 5 heteroatoms. The van der Waals surface area contributed by atoms with Crippen molar-refractivity contribution >= 4 is 25.8 Å². The summed E-state index contributed by atoms with van der Waals surface area (Å²) in [6, 6.07) is 5.62. The Hall–Kier alpha value is -0.390. The maximum atomic E-state index is 11.0. The van der Waals surface area contributed by atoms with Crippen LogP contribution in [-0.2, 0) is 9.84 Å². The van der Waals surface area contributed by atoms with Crippen LogP contribution >= 0.6 is 15.9 Å². The Bertz CT molecular complexity index is 471. The minimum atomic E-state index is -2.94. The molecule has 0 aromatic heterocycles. The lowest BCUT2D eigenvalue weighted by molar-refractivity contribution is 0.591. The third-order valence-electron chi connectivity index (χ3n) is 2.43. The van der Waals surface area contributed by atoms with Gasteiger partial charge in [-0.25, -0.2) is 8.42 Å². The zero-order valence-electron chi connectivity index (χ0n) is 9.40. The summed E-state index contributed by atoms with van der Waals surface area (Å²) in [6.45, 7) is 1.97. The molecule has 0 saturated carbocycles. The summed E-state index contributed by atoms with van der Waals surface area (Å²) in [6.07, 6.45) is 1.69. The number of aryl methyl sites for hydroxylation is 1. The first-order valence-electron chi connectivity index (χ1n) is 4.99. The average Bonchev–Trinajstić information content (AvgIpc) is 2.13. The Kier molecular flexibility index (Phi) is 4.52. The highest BCUT2D eigenvalue weighted by Gasteiger charge is 2.12. The van der Waals surface area contributed by atoms with Gasteiger partial charge < -0.3 is 5.73 Å². The first kappa shape index (κ1) is 13.7. The molecule has 0 bridgehead atoms. The molecule has 1 rings (SSSR count). The van der Waals surface area contributed by atoms with Crippen LogP contribution in [0.25, 0.3) is 0 Å². The number of benzene rings is 1. The van der Waals surface area contributed by atoms with E-state index in [9.17, 15) is 8.42 Å². The van der Waals surface area contributed by atoms with Gasteiger partial charge in [0.25, 0.3) is 0 Å². The molecule has 0 aliphatic carbocycles. The third kappa shape index (κ3) is 4.23. The molecule has 3 nitrogen and oxygen atoms in total. The van der Waals surface area contributed by atoms with Gasteiger partial charge in [0.1, 0.15) is 9.84 Å². The smallest absolute Gasteiger partial charge is 0.147 e. The van der Waals surface area contributed by atoms with Gasteiger partial charge in [0.2, 0.25) is 0 Å². The van der Waals surface area contributed by atoms with E-state index in [1.54, 1.807) is 0 Å². The monoisotopic (exact) mass is 305 g/mol. The Balaban J connectivity index is 2.77. The highest BCUT2D eigenvalue weighted by molar-refractivity contribution is 9.10. The fraction of sp³-hybridized carbons (Fsp3) is 0.455. The third-order valence-corrected chi connectivity index (χ3v) is 3.90. The van der Waals surface area contributed by atoms with Gasteiger partial charge in [-0.15, -0.1) is 0 Å². The van der Waals surface area contributed by atoms with E-state index in [0.717, 1.165) is 15.6 Å². The number of nitrogens with two attached hydrogens (primary N) is 1. The van der Waals surface area contributed by atoms with Crippen molar-refractivity contribution < 1.29 is 8.42 Å². The standard InChI is InChI=1S/C11H16BrNO2S/c1-8-7-9(12)3-4-10(8)11(13)5-6-16(2,14)15/h3-4,7,11H,5-6,13H2,1-2H3. The average molecular weight is 306 g/mol. The van der Waals surface area contributed by atoms with E-state index in [-0.39, 0.29) is 11.8 Å². The van der Waals surface area contributed by atoms with E-state index in [2.05, 4.69) is 15.9 Å². The first-order valence-corrected chi connectivity index (χ1v) is 7.84. The lowest BCUT2D eigenvalue weighted by Crippen LogP contribution is -2.16. The number of sulfone groups is 1. The lowest BCUT2D eigenvalue weighted by atomic mass is 10.0. The van der Waals surface area contributed by atoms with Crippen molar-refractivity contribution in [3.8, 4) is 0 Å². The summed E-state index contributed by atoms with van der Waals surface area (Å²) < 4.78 is 23.1. The summed E-state index contributed by atoms with van der Waals surface area (Å²) >= 11 is 3.38. The largest absolute Gasteiger partial charge is 0.324 e. The molecule has 0 heterocycles. The zero-order valence-corrected chi connectivity index (χ0v) is 11.8. The van der Waals surface area contributed by atoms with Gasteiger partial charge >= 0.3 is 0 Å². The molecule has 0 aliphatic heterocycles. The van der Waals surface area contributed by atoms with Crippen molar-refractivity contribution in [2.75, 3.05) is 12.0 Å². The van der Waals surface area contributed by atoms with E-state index in [0.29, 0.717) is 6.42 Å². The van der Waals surface area contributed by atoms with Crippen LogP contribution in [0.5, 0.6) is 0 Å². The Labute approximate surface area is 105 Å². The van der Waals surface area contributed by atoms with Crippen molar-refractivity contribution in [2.24, 2.45) is 5.73 Å². The topological polar surface area (TPSA) is 60.2 Å². The van der Waals surface area contributed by atoms with Crippen molar-refractivity contribution in [2.45, 2.75) is 19.4 Å². The molecule has 16 heavy (non-hydrogen) atoms. The maximum absolute atomic E-state index is 11.0. The molecule has 0 aliphatic rings. The van der Waals surface area contributed by atoms with Crippen LogP contribution in [0.3, 0.4) is 0 Å². The van der Waals surface area contributed by atoms with E-state index < -0.39 is 9.84 Å². The Morgan fingerprint density at radius 2 is 2.06 bits per heavy atom. The van der Waals surface area contributed by atoms with Gasteiger partial charge in [-0.05, 0) is 36.6 Å². The molecular weight excluding hydrogens is 290 g/mol. The molecule has 0 spiro atoms. The molecule has 1 atom stereocenters. The SMILES string of the molecule is Cc1cc(Br)ccc1C(N)CCS(C)(=O)=O. The molecule has 0 fully saturated rings. The number of hydrogen-bond donors (Lipinski definition) is 1. The van der Waals surface area contributed by atoms with E-state index in [4.69, 9.17) is 5.73 Å². The predicted molar refractivity (Wildman–Crippen MR) is 70.1 cm³/mol. The van der Waals surface area contributed by atoms with Gasteiger partial charge in [0.05, 0.1) is 5.75 Å². The van der Waals surface area contributed by atoms with Crippen LogP contribution in [0.1, 0.15) is 23.6 Å². The highest BCUT2D eigenvalue weighted by Crippen LogP contribution is 2.22. The Morgan fingerprint density at radius 1 is 1.44 bits per heavy atom. The number of hydrogen-bond acceptors (Lipinski definition) is 3. The second-order valence-electron chi connectivity index (χ2n) is 4.03. The quantitative estimate of drug-likeness (QED) is 0.927. The lowest BCUT2D eigenvalue weighted by Gasteiger charge is -2.14. The second-order valence-corrected chi connectivity index (χ2v) is 7.20. The zero-order chi connectivity index (χ0) is 12.3. The van der Waals surface area contributed by atoms with Crippen molar-refractivity contribution in [1.82, 2.24) is 0 Å². The van der Waals surface area contributed by atoms with Gasteiger partial charge in [-0.2, -0.15) is 0 Å². The highest BCUT2D eigenvalue weighted by atomic mass is 79.9. The normalized spacial score (nSPS) is 13.8. The van der Waals surface area contributed by atoms with Gasteiger partial charge in [-0.3, -0.25) is 0 Å². The van der Waals surface area contributed by atoms with Crippen LogP contribution in [0.4, 0.5) is 0 Å². The molecule has 1 aromatic carbocycles. The van der Waals surface area contributed by atoms with Crippen LogP contribution in [0.2, 0.25) is 0 Å². The van der Waals surface area contributed by atoms with Crippen LogP contribution < -0.4 is 5.73 Å². The fourth-order valence-corrected chi connectivity index (χ4v) is 2.71. The summed E-state index contributed by atoms with van der Waals surface area (Å²) in [5.74, 6) is 0.129. The minimum absolute atomic E-state index is 0.129. The Morgan fingerprint density at radius 3 is 2.56 bits per heavy atom. The van der Waals surface area contributed by atoms with Gasteiger partial charge in [0.15, 0.2) is 0 Å². The van der Waals surface area contributed by atoms with Crippen molar-refractivity contribution in [3.05, 3.63) is 33.8 Å². The first-order chi connectivity index (χ1) is 7.29. The maximum Gasteiger partial charge on any atom is 0.147 e. The molecule has 90 valence electrons. The van der Waals surface area contributed by atoms with Crippen LogP contribution in [0.15, 0.2) is 22.7 Å². The van der Waals surface area contributed by atoms with E-state index in [1.165, 1.54) is 6.26 Å². The summed E-state index contributed by atoms with van der Waals surface area (Å²) in [5, 5.41) is 0. The van der Waals surface area contributed by atoms with E-state index >= 15 is 0 Å². The molecule has 0 saturated heterocycles. The van der Waals surface area contributed by atoms with E-state index in [1.807, 2.05) is 25.1 Å². The molecule has 2 N–H and O–H groups in total. The van der Waals surface area contributed by atoms with Gasteiger partial charge in [-0.1, -0.05) is 22.0 Å². The predicted octanol–water partition coefficient (Wildman–Crippen LogP) is 2.19. The molecule has 0 amide bonds. The van der Waals surface area contributed by atoms with Crippen LogP contribution in [-0.4, -0.2) is 20.4 Å². The summed E-state index contributed by atoms with van der Waals surface area (Å²) in [5.41, 5.74) is 8.06. The number of rotatable bonds is 4. The molecule has 0 radical (unpaired) electrons.